The maximum Gasteiger partial charge on any atom is 0.251 e. The van der Waals surface area contributed by atoms with E-state index in [-0.39, 0.29) is 31.0 Å². The molecule has 8 atom stereocenters. The van der Waals surface area contributed by atoms with Gasteiger partial charge in [0, 0.05) is 30.5 Å². The van der Waals surface area contributed by atoms with E-state index < -0.39 is 24.2 Å². The minimum absolute atomic E-state index is 0.0764. The Labute approximate surface area is 264 Å². The van der Waals surface area contributed by atoms with E-state index in [1.165, 1.54) is 6.42 Å². The predicted octanol–water partition coefficient (Wildman–Crippen LogP) is 4.44. The Morgan fingerprint density at radius 2 is 1.87 bits per heavy atom. The van der Waals surface area contributed by atoms with E-state index in [0.29, 0.717) is 41.7 Å². The van der Waals surface area contributed by atoms with E-state index in [1.54, 1.807) is 24.3 Å². The average Bonchev–Trinajstić information content (AvgIpc) is 3.37. The van der Waals surface area contributed by atoms with Crippen LogP contribution in [0.4, 0.5) is 0 Å². The molecule has 2 aromatic carbocycles. The maximum absolute atomic E-state index is 14.0. The minimum atomic E-state index is -0.853. The van der Waals surface area contributed by atoms with Crippen LogP contribution in [-0.4, -0.2) is 64.5 Å². The summed E-state index contributed by atoms with van der Waals surface area (Å²) in [7, 11) is 0. The van der Waals surface area contributed by atoms with Crippen LogP contribution in [0.25, 0.3) is 11.1 Å². The fourth-order valence-electron chi connectivity index (χ4n) is 8.01. The van der Waals surface area contributed by atoms with Crippen molar-refractivity contribution in [2.45, 2.75) is 77.8 Å². The molecular formula is C35H45N5O5. The SMILES string of the molecule is C[C@@H]1[C@@H](NC(=O)[C@@H]2[C@H]([C@H](C)O)[C@H](CO)ON2Cc2cccc(-c3cccc(C(=O)NCCC4=CN=N4)c3)c2)C[C@H]2C[C@@H]1C2(C)C. The normalized spacial score (nSPS) is 30.5. The van der Waals surface area contributed by atoms with Gasteiger partial charge in [0.05, 0.1) is 31.2 Å². The van der Waals surface area contributed by atoms with E-state index in [0.717, 1.165) is 28.8 Å². The average molecular weight is 616 g/mol. The molecule has 0 radical (unpaired) electrons. The molecule has 2 aliphatic heterocycles. The van der Waals surface area contributed by atoms with Crippen molar-refractivity contribution in [2.75, 3.05) is 13.2 Å². The molecule has 2 heterocycles. The summed E-state index contributed by atoms with van der Waals surface area (Å²) in [6, 6.07) is 14.7. The van der Waals surface area contributed by atoms with Crippen LogP contribution in [0.2, 0.25) is 0 Å². The molecule has 2 amide bonds. The Bertz CT molecular complexity index is 1490. The highest BCUT2D eigenvalue weighted by Gasteiger charge is 2.57. The Hall–Kier alpha value is -3.44. The summed E-state index contributed by atoms with van der Waals surface area (Å²) in [5, 5.41) is 36.4. The van der Waals surface area contributed by atoms with Gasteiger partial charge in [0.1, 0.15) is 12.1 Å². The summed E-state index contributed by atoms with van der Waals surface area (Å²) in [6.45, 7) is 9.04. The number of aliphatic hydroxyl groups excluding tert-OH is 2. The van der Waals surface area contributed by atoms with Gasteiger partial charge in [-0.3, -0.25) is 14.4 Å². The van der Waals surface area contributed by atoms with Gasteiger partial charge in [0.25, 0.3) is 5.91 Å². The Morgan fingerprint density at radius 1 is 1.13 bits per heavy atom. The second kappa shape index (κ2) is 12.7. The topological polar surface area (TPSA) is 136 Å². The number of hydroxylamine groups is 2. The van der Waals surface area contributed by atoms with Crippen LogP contribution in [0.15, 0.2) is 70.7 Å². The lowest BCUT2D eigenvalue weighted by molar-refractivity contribution is -0.183. The molecule has 45 heavy (non-hydrogen) atoms. The maximum atomic E-state index is 14.0. The first kappa shape index (κ1) is 31.5. The number of benzene rings is 2. The molecule has 10 heteroatoms. The molecule has 10 nitrogen and oxygen atoms in total. The zero-order chi connectivity index (χ0) is 31.9. The van der Waals surface area contributed by atoms with Crippen LogP contribution in [0.3, 0.4) is 0 Å². The molecule has 4 fully saturated rings. The number of amides is 2. The molecule has 4 N–H and O–H groups in total. The van der Waals surface area contributed by atoms with Crippen LogP contribution in [-0.2, 0) is 16.2 Å². The van der Waals surface area contributed by atoms with Gasteiger partial charge in [-0.2, -0.15) is 15.3 Å². The number of carbonyl (C=O) groups is 2. The first-order valence-corrected chi connectivity index (χ1v) is 16.2. The zero-order valence-corrected chi connectivity index (χ0v) is 26.5. The van der Waals surface area contributed by atoms with Crippen LogP contribution in [0.1, 0.15) is 62.9 Å². The Morgan fingerprint density at radius 3 is 2.51 bits per heavy atom. The van der Waals surface area contributed by atoms with Gasteiger partial charge in [-0.25, -0.2) is 0 Å². The van der Waals surface area contributed by atoms with Crippen molar-refractivity contribution >= 4 is 11.8 Å². The standard InChI is InChI=1S/C35H45N5O5/c1-20-28-15-26(35(28,3)4)16-29(20)38-34(44)32-31(21(2)42)30(19-41)45-40(32)18-22-7-5-8-23(13-22)24-9-6-10-25(14-24)33(43)36-12-11-27-17-37-39-27/h5-10,13-14,17,20-21,26,28-32,41-42H,11-12,15-16,18-19H2,1-4H3,(H,36,43)(H,38,44)/t20-,21-,26+,28-,29-,30-,31+,32-/m0/s1. The predicted molar refractivity (Wildman–Crippen MR) is 169 cm³/mol. The van der Waals surface area contributed by atoms with Gasteiger partial charge in [-0.05, 0) is 77.8 Å². The van der Waals surface area contributed by atoms with Crippen molar-refractivity contribution in [1.82, 2.24) is 15.7 Å². The number of nitrogens with one attached hydrogen (secondary N) is 2. The van der Waals surface area contributed by atoms with Crippen LogP contribution >= 0.6 is 0 Å². The van der Waals surface area contributed by atoms with E-state index in [9.17, 15) is 19.8 Å². The smallest absolute Gasteiger partial charge is 0.251 e. The third kappa shape index (κ3) is 6.21. The molecule has 0 aromatic heterocycles. The fraction of sp³-hybridized carbons (Fsp3) is 0.543. The fourth-order valence-corrected chi connectivity index (χ4v) is 8.01. The number of hydrogen-bond acceptors (Lipinski definition) is 8. The Kier molecular flexibility index (Phi) is 8.94. The van der Waals surface area contributed by atoms with E-state index >= 15 is 0 Å². The second-order valence-electron chi connectivity index (χ2n) is 13.9. The van der Waals surface area contributed by atoms with Crippen molar-refractivity contribution in [3.8, 4) is 11.1 Å². The van der Waals surface area contributed by atoms with E-state index in [2.05, 4.69) is 41.6 Å². The summed E-state index contributed by atoms with van der Waals surface area (Å²) in [6.07, 6.45) is 2.96. The van der Waals surface area contributed by atoms with Gasteiger partial charge in [0.2, 0.25) is 5.91 Å². The van der Waals surface area contributed by atoms with Crippen molar-refractivity contribution < 1.29 is 24.6 Å². The van der Waals surface area contributed by atoms with Crippen molar-refractivity contribution in [2.24, 2.45) is 39.3 Å². The van der Waals surface area contributed by atoms with Gasteiger partial charge in [-0.1, -0.05) is 51.1 Å². The van der Waals surface area contributed by atoms with E-state index in [4.69, 9.17) is 4.84 Å². The van der Waals surface area contributed by atoms with Gasteiger partial charge < -0.3 is 20.8 Å². The van der Waals surface area contributed by atoms with E-state index in [1.807, 2.05) is 42.5 Å². The summed E-state index contributed by atoms with van der Waals surface area (Å²) in [5.41, 5.74) is 4.45. The van der Waals surface area contributed by atoms with Crippen LogP contribution < -0.4 is 10.6 Å². The van der Waals surface area contributed by atoms with Gasteiger partial charge in [0.15, 0.2) is 0 Å². The highest BCUT2D eigenvalue weighted by Crippen LogP contribution is 2.61. The molecule has 5 aliphatic rings. The molecule has 3 aliphatic carbocycles. The molecule has 2 bridgehead atoms. The molecule has 3 saturated carbocycles. The molecule has 2 aromatic rings. The van der Waals surface area contributed by atoms with Gasteiger partial charge in [-0.15, -0.1) is 0 Å². The number of nitrogens with zero attached hydrogens (tertiary/aromatic N) is 3. The summed E-state index contributed by atoms with van der Waals surface area (Å²) < 4.78 is 0. The third-order valence-electron chi connectivity index (χ3n) is 10.8. The first-order chi connectivity index (χ1) is 21.6. The lowest BCUT2D eigenvalue weighted by atomic mass is 9.45. The zero-order valence-electron chi connectivity index (χ0n) is 26.5. The lowest BCUT2D eigenvalue weighted by Crippen LogP contribution is -2.62. The first-order valence-electron chi connectivity index (χ1n) is 16.2. The number of hydrogen-bond donors (Lipinski definition) is 4. The molecule has 1 saturated heterocycles. The van der Waals surface area contributed by atoms with Crippen molar-refractivity contribution in [3.63, 3.8) is 0 Å². The van der Waals surface area contributed by atoms with Crippen LogP contribution in [0, 0.1) is 29.1 Å². The van der Waals surface area contributed by atoms with Crippen LogP contribution in [0.5, 0.6) is 0 Å². The molecule has 240 valence electrons. The number of rotatable bonds is 11. The molecule has 0 spiro atoms. The summed E-state index contributed by atoms with van der Waals surface area (Å²) in [4.78, 5) is 32.9. The number of fused-ring (bicyclic) bond motifs is 2. The Balaban J connectivity index is 1.16. The molecule has 0 unspecified atom stereocenters. The van der Waals surface area contributed by atoms with Crippen molar-refractivity contribution in [3.05, 3.63) is 71.6 Å². The molecular weight excluding hydrogens is 570 g/mol. The number of carbonyl (C=O) groups excluding carboxylic acids is 2. The van der Waals surface area contributed by atoms with Gasteiger partial charge >= 0.3 is 0 Å². The number of aliphatic hydroxyl groups is 2. The third-order valence-corrected chi connectivity index (χ3v) is 10.8. The largest absolute Gasteiger partial charge is 0.394 e. The quantitative estimate of drug-likeness (QED) is 0.295. The number of azo groups is 1. The highest BCUT2D eigenvalue weighted by atomic mass is 16.7. The lowest BCUT2D eigenvalue weighted by Gasteiger charge is -2.62. The monoisotopic (exact) mass is 615 g/mol. The second-order valence-corrected chi connectivity index (χ2v) is 13.9. The highest BCUT2D eigenvalue weighted by molar-refractivity contribution is 5.95. The summed E-state index contributed by atoms with van der Waals surface area (Å²) >= 11 is 0. The van der Waals surface area contributed by atoms with Crippen molar-refractivity contribution in [1.29, 1.82) is 0 Å². The molecule has 7 rings (SSSR count). The minimum Gasteiger partial charge on any atom is -0.394 e. The summed E-state index contributed by atoms with van der Waals surface area (Å²) in [5.74, 6) is 0.643.